The monoisotopic (exact) mass is 380 g/mol. The lowest BCUT2D eigenvalue weighted by Crippen LogP contribution is -2.58. The summed E-state index contributed by atoms with van der Waals surface area (Å²) in [6, 6.07) is 3.73. The number of methoxy groups -OCH3 is 1. The molecule has 0 N–H and O–H groups in total. The molecule has 6 heteroatoms. The van der Waals surface area contributed by atoms with Gasteiger partial charge in [0.05, 0.1) is 13.7 Å². The van der Waals surface area contributed by atoms with Crippen LogP contribution in [-0.2, 0) is 11.3 Å². The van der Waals surface area contributed by atoms with Gasteiger partial charge in [-0.15, -0.1) is 0 Å². The van der Waals surface area contributed by atoms with Crippen LogP contribution in [0.25, 0.3) is 0 Å². The maximum Gasteiger partial charge on any atom is 0.242 e. The minimum absolute atomic E-state index is 0.256. The predicted octanol–water partition coefficient (Wildman–Crippen LogP) is 3.72. The van der Waals surface area contributed by atoms with Crippen LogP contribution in [0.15, 0.2) is 12.1 Å². The van der Waals surface area contributed by atoms with Gasteiger partial charge in [0.25, 0.3) is 0 Å². The third-order valence-electron chi connectivity index (χ3n) is 5.58. The minimum atomic E-state index is -0.370. The van der Waals surface area contributed by atoms with Crippen LogP contribution in [0.5, 0.6) is 11.5 Å². The Hall–Kier alpha value is -1.46. The van der Waals surface area contributed by atoms with Gasteiger partial charge in [-0.2, -0.15) is 0 Å². The van der Waals surface area contributed by atoms with E-state index in [0.717, 1.165) is 56.5 Å². The molecule has 26 heavy (non-hydrogen) atoms. The van der Waals surface area contributed by atoms with Gasteiger partial charge in [-0.05, 0) is 44.7 Å². The van der Waals surface area contributed by atoms with Crippen molar-refractivity contribution in [2.24, 2.45) is 0 Å². The molecular weight excluding hydrogens is 352 g/mol. The van der Waals surface area contributed by atoms with Gasteiger partial charge in [0.1, 0.15) is 5.54 Å². The highest BCUT2D eigenvalue weighted by Crippen LogP contribution is 2.42. The van der Waals surface area contributed by atoms with Crippen LogP contribution in [-0.4, -0.2) is 55.1 Å². The Morgan fingerprint density at radius 1 is 1.23 bits per heavy atom. The highest BCUT2D eigenvalue weighted by atomic mass is 35.5. The number of amides is 1. The first-order valence-corrected chi connectivity index (χ1v) is 9.89. The Morgan fingerprint density at radius 3 is 2.65 bits per heavy atom. The molecule has 3 rings (SSSR count). The predicted molar refractivity (Wildman–Crippen MR) is 103 cm³/mol. The summed E-state index contributed by atoms with van der Waals surface area (Å²) in [5.41, 5.74) is 0.620. The van der Waals surface area contributed by atoms with Crippen molar-refractivity contribution in [3.8, 4) is 11.5 Å². The molecule has 0 radical (unpaired) electrons. The molecule has 2 saturated heterocycles. The molecule has 0 aromatic heterocycles. The van der Waals surface area contributed by atoms with E-state index in [2.05, 4.69) is 11.8 Å². The van der Waals surface area contributed by atoms with E-state index in [1.54, 1.807) is 13.2 Å². The maximum absolute atomic E-state index is 13.0. The summed E-state index contributed by atoms with van der Waals surface area (Å²) in [5, 5.41) is 0.626. The minimum Gasteiger partial charge on any atom is -0.493 e. The number of carbonyl (C=O) groups is 1. The molecule has 1 amide bonds. The molecule has 2 fully saturated rings. The van der Waals surface area contributed by atoms with E-state index in [1.165, 1.54) is 0 Å². The largest absolute Gasteiger partial charge is 0.493 e. The van der Waals surface area contributed by atoms with Gasteiger partial charge >= 0.3 is 0 Å². The van der Waals surface area contributed by atoms with Crippen molar-refractivity contribution in [1.82, 2.24) is 9.80 Å². The van der Waals surface area contributed by atoms with Gasteiger partial charge in [0.2, 0.25) is 5.91 Å². The number of nitrogens with zero attached hydrogens (tertiary/aromatic N) is 2. The fraction of sp³-hybridized carbons (Fsp3) is 0.650. The topological polar surface area (TPSA) is 42.0 Å². The standard InChI is InChI=1S/C20H29ClN2O3/c1-4-11-26-18-15(12-16(21)13-17(18)25-3)14-23-10-6-8-20(23)7-5-9-22(2)19(20)24/h12-13H,4-11,14H2,1-3H3. The molecule has 1 aromatic rings. The molecule has 144 valence electrons. The van der Waals surface area contributed by atoms with Crippen LogP contribution in [0.1, 0.15) is 44.6 Å². The van der Waals surface area contributed by atoms with Crippen LogP contribution in [0, 0.1) is 0 Å². The number of likely N-dealkylation sites (tertiary alicyclic amines) is 2. The third-order valence-corrected chi connectivity index (χ3v) is 5.80. The molecule has 0 saturated carbocycles. The zero-order chi connectivity index (χ0) is 18.7. The van der Waals surface area contributed by atoms with Crippen LogP contribution in [0.4, 0.5) is 0 Å². The second-order valence-corrected chi connectivity index (χ2v) is 7.77. The summed E-state index contributed by atoms with van der Waals surface area (Å²) in [4.78, 5) is 17.2. The van der Waals surface area contributed by atoms with Gasteiger partial charge in [0.15, 0.2) is 11.5 Å². The smallest absolute Gasteiger partial charge is 0.242 e. The summed E-state index contributed by atoms with van der Waals surface area (Å²) < 4.78 is 11.5. The molecule has 0 bridgehead atoms. The van der Waals surface area contributed by atoms with Crippen molar-refractivity contribution in [2.45, 2.75) is 51.1 Å². The summed E-state index contributed by atoms with van der Waals surface area (Å²) in [6.45, 7) is 5.12. The van der Waals surface area contributed by atoms with E-state index in [1.807, 2.05) is 18.0 Å². The third kappa shape index (κ3) is 3.52. The van der Waals surface area contributed by atoms with Crippen molar-refractivity contribution in [3.63, 3.8) is 0 Å². The van der Waals surface area contributed by atoms with Crippen molar-refractivity contribution in [2.75, 3.05) is 33.9 Å². The normalized spacial score (nSPS) is 23.7. The second-order valence-electron chi connectivity index (χ2n) is 7.33. The summed E-state index contributed by atoms with van der Waals surface area (Å²) >= 11 is 6.32. The van der Waals surface area contributed by atoms with Crippen LogP contribution in [0.2, 0.25) is 5.02 Å². The number of hydrogen-bond acceptors (Lipinski definition) is 4. The average molecular weight is 381 g/mol. The Labute approximate surface area is 161 Å². The molecule has 5 nitrogen and oxygen atoms in total. The van der Waals surface area contributed by atoms with Crippen molar-refractivity contribution < 1.29 is 14.3 Å². The van der Waals surface area contributed by atoms with Crippen LogP contribution in [0.3, 0.4) is 0 Å². The van der Waals surface area contributed by atoms with E-state index in [0.29, 0.717) is 23.9 Å². The zero-order valence-corrected chi connectivity index (χ0v) is 16.8. The van der Waals surface area contributed by atoms with E-state index in [9.17, 15) is 4.79 Å². The first kappa shape index (κ1) is 19.3. The number of likely N-dealkylation sites (N-methyl/N-ethyl adjacent to an activating group) is 1. The highest BCUT2D eigenvalue weighted by molar-refractivity contribution is 6.30. The van der Waals surface area contributed by atoms with Crippen molar-refractivity contribution in [1.29, 1.82) is 0 Å². The number of piperidine rings is 1. The van der Waals surface area contributed by atoms with Crippen LogP contribution < -0.4 is 9.47 Å². The second kappa shape index (κ2) is 8.05. The first-order chi connectivity index (χ1) is 12.5. The zero-order valence-electron chi connectivity index (χ0n) is 16.0. The fourth-order valence-corrected chi connectivity index (χ4v) is 4.56. The Bertz CT molecular complexity index is 667. The van der Waals surface area contributed by atoms with Gasteiger partial charge in [-0.1, -0.05) is 18.5 Å². The molecule has 1 spiro atoms. The first-order valence-electron chi connectivity index (χ1n) is 9.51. The van der Waals surface area contributed by atoms with Gasteiger partial charge in [-0.3, -0.25) is 9.69 Å². The molecule has 1 aromatic carbocycles. The number of carbonyl (C=O) groups excluding carboxylic acids is 1. The molecule has 1 unspecified atom stereocenters. The highest BCUT2D eigenvalue weighted by Gasteiger charge is 2.50. The summed E-state index contributed by atoms with van der Waals surface area (Å²) in [5.74, 6) is 1.66. The Kier molecular flexibility index (Phi) is 5.98. The van der Waals surface area contributed by atoms with Crippen molar-refractivity contribution >= 4 is 17.5 Å². The van der Waals surface area contributed by atoms with E-state index < -0.39 is 0 Å². The molecular formula is C20H29ClN2O3. The number of benzene rings is 1. The fourth-order valence-electron chi connectivity index (χ4n) is 4.33. The van der Waals surface area contributed by atoms with Crippen LogP contribution >= 0.6 is 11.6 Å². The molecule has 1 atom stereocenters. The van der Waals surface area contributed by atoms with E-state index >= 15 is 0 Å². The lowest BCUT2D eigenvalue weighted by atomic mass is 9.85. The molecule has 2 heterocycles. The summed E-state index contributed by atoms with van der Waals surface area (Å²) in [6.07, 6.45) is 4.87. The van der Waals surface area contributed by atoms with Gasteiger partial charge in [-0.25, -0.2) is 0 Å². The van der Waals surface area contributed by atoms with Gasteiger partial charge < -0.3 is 14.4 Å². The number of ether oxygens (including phenoxy) is 2. The van der Waals surface area contributed by atoms with Crippen molar-refractivity contribution in [3.05, 3.63) is 22.7 Å². The Balaban J connectivity index is 1.92. The quantitative estimate of drug-likeness (QED) is 0.754. The maximum atomic E-state index is 13.0. The SMILES string of the molecule is CCCOc1c(CN2CCCC23CCCN(C)C3=O)cc(Cl)cc1OC. The average Bonchev–Trinajstić information content (AvgIpc) is 3.01. The van der Waals surface area contributed by atoms with Gasteiger partial charge in [0, 0.05) is 36.8 Å². The number of hydrogen-bond donors (Lipinski definition) is 0. The summed E-state index contributed by atoms with van der Waals surface area (Å²) in [7, 11) is 3.54. The number of halogens is 1. The van der Waals surface area contributed by atoms with E-state index in [-0.39, 0.29) is 11.4 Å². The number of rotatable bonds is 6. The Morgan fingerprint density at radius 2 is 1.96 bits per heavy atom. The molecule has 2 aliphatic heterocycles. The molecule has 0 aliphatic carbocycles. The lowest BCUT2D eigenvalue weighted by molar-refractivity contribution is -0.146. The van der Waals surface area contributed by atoms with E-state index in [4.69, 9.17) is 21.1 Å². The molecule has 2 aliphatic rings. The lowest BCUT2D eigenvalue weighted by Gasteiger charge is -2.43.